The first-order chi connectivity index (χ1) is 9.81. The van der Waals surface area contributed by atoms with Gasteiger partial charge in [-0.1, -0.05) is 0 Å². The zero-order valence-electron chi connectivity index (χ0n) is 12.3. The first kappa shape index (κ1) is 13.6. The number of anilines is 2. The largest absolute Gasteiger partial charge is 0.376 e. The minimum Gasteiger partial charge on any atom is -0.376 e. The first-order valence-corrected chi connectivity index (χ1v) is 7.77. The van der Waals surface area contributed by atoms with Gasteiger partial charge in [0.25, 0.3) is 0 Å². The average molecular weight is 276 g/mol. The Labute approximate surface area is 120 Å². The molecule has 1 N–H and O–H groups in total. The quantitative estimate of drug-likeness (QED) is 0.915. The van der Waals surface area contributed by atoms with Gasteiger partial charge in [0, 0.05) is 38.0 Å². The summed E-state index contributed by atoms with van der Waals surface area (Å²) in [6.45, 7) is 5.93. The van der Waals surface area contributed by atoms with Crippen LogP contribution in [-0.2, 0) is 4.74 Å². The fraction of sp³-hybridized carbons (Fsp3) is 0.733. The molecule has 2 saturated heterocycles. The molecule has 0 aliphatic carbocycles. The zero-order valence-corrected chi connectivity index (χ0v) is 12.3. The third-order valence-corrected chi connectivity index (χ3v) is 4.02. The Hall–Kier alpha value is -1.36. The molecule has 0 saturated carbocycles. The normalized spacial score (nSPS) is 23.1. The van der Waals surface area contributed by atoms with Gasteiger partial charge in [-0.25, -0.2) is 4.98 Å². The first-order valence-electron chi connectivity index (χ1n) is 7.77. The van der Waals surface area contributed by atoms with E-state index >= 15 is 0 Å². The van der Waals surface area contributed by atoms with Crippen LogP contribution in [0.5, 0.6) is 0 Å². The fourth-order valence-corrected chi connectivity index (χ4v) is 2.90. The Morgan fingerprint density at radius 2 is 2.10 bits per heavy atom. The molecule has 3 heterocycles. The molecule has 0 bridgehead atoms. The lowest BCUT2D eigenvalue weighted by atomic mass is 10.1. The molecule has 2 aliphatic heterocycles. The number of aromatic nitrogens is 2. The Morgan fingerprint density at radius 1 is 1.25 bits per heavy atom. The van der Waals surface area contributed by atoms with E-state index in [1.165, 1.54) is 25.7 Å². The monoisotopic (exact) mass is 276 g/mol. The fourth-order valence-electron chi connectivity index (χ4n) is 2.90. The molecular formula is C15H24N4O. The average Bonchev–Trinajstić information content (AvgIpc) is 2.99. The van der Waals surface area contributed by atoms with E-state index in [1.807, 2.05) is 13.0 Å². The second kappa shape index (κ2) is 6.39. The Bertz CT molecular complexity index is 439. The lowest BCUT2D eigenvalue weighted by Gasteiger charge is -2.27. The van der Waals surface area contributed by atoms with Crippen LogP contribution >= 0.6 is 0 Å². The molecule has 2 aliphatic rings. The molecule has 0 aromatic carbocycles. The second-order valence-corrected chi connectivity index (χ2v) is 5.76. The summed E-state index contributed by atoms with van der Waals surface area (Å²) >= 11 is 0. The standard InChI is InChI=1S/C15H24N4O/c1-12-10-14(16-11-13-6-5-9-20-13)18-15(17-12)19-7-3-2-4-8-19/h10,13H,2-9,11H2,1H3,(H,16,17,18). The van der Waals surface area contributed by atoms with E-state index in [2.05, 4.69) is 20.2 Å². The predicted octanol–water partition coefficient (Wildman–Crippen LogP) is 2.37. The summed E-state index contributed by atoms with van der Waals surface area (Å²) in [6, 6.07) is 2.02. The van der Waals surface area contributed by atoms with Crippen molar-refractivity contribution in [3.05, 3.63) is 11.8 Å². The van der Waals surface area contributed by atoms with Gasteiger partial charge in [-0.15, -0.1) is 0 Å². The molecule has 0 amide bonds. The number of aryl methyl sites for hydroxylation is 1. The van der Waals surface area contributed by atoms with Crippen molar-refractivity contribution in [2.75, 3.05) is 36.5 Å². The van der Waals surface area contributed by atoms with Crippen LogP contribution in [0, 0.1) is 6.92 Å². The summed E-state index contributed by atoms with van der Waals surface area (Å²) < 4.78 is 5.64. The number of nitrogens with one attached hydrogen (secondary N) is 1. The zero-order chi connectivity index (χ0) is 13.8. The van der Waals surface area contributed by atoms with Crippen LogP contribution in [0.4, 0.5) is 11.8 Å². The summed E-state index contributed by atoms with van der Waals surface area (Å²) in [5, 5.41) is 3.40. The SMILES string of the molecule is Cc1cc(NCC2CCCO2)nc(N2CCCCC2)n1. The van der Waals surface area contributed by atoms with Gasteiger partial charge in [-0.05, 0) is 39.0 Å². The van der Waals surface area contributed by atoms with E-state index in [0.717, 1.165) is 50.1 Å². The van der Waals surface area contributed by atoms with Gasteiger partial charge in [0.15, 0.2) is 0 Å². The third kappa shape index (κ3) is 3.39. The van der Waals surface area contributed by atoms with E-state index in [-0.39, 0.29) is 0 Å². The van der Waals surface area contributed by atoms with Gasteiger partial charge in [0.2, 0.25) is 5.95 Å². The lowest BCUT2D eigenvalue weighted by Crippen LogP contribution is -2.31. The molecule has 1 aromatic rings. The van der Waals surface area contributed by atoms with Crippen LogP contribution in [0.1, 0.15) is 37.8 Å². The minimum atomic E-state index is 0.337. The van der Waals surface area contributed by atoms with E-state index in [1.54, 1.807) is 0 Å². The van der Waals surface area contributed by atoms with Gasteiger partial charge in [-0.2, -0.15) is 4.98 Å². The summed E-state index contributed by atoms with van der Waals surface area (Å²) in [5.74, 6) is 1.80. The second-order valence-electron chi connectivity index (χ2n) is 5.76. The van der Waals surface area contributed by atoms with Crippen LogP contribution in [0.3, 0.4) is 0 Å². The van der Waals surface area contributed by atoms with Gasteiger partial charge in [0.1, 0.15) is 5.82 Å². The maximum absolute atomic E-state index is 5.64. The van der Waals surface area contributed by atoms with Crippen LogP contribution in [0.15, 0.2) is 6.07 Å². The van der Waals surface area contributed by atoms with Crippen molar-refractivity contribution in [2.45, 2.75) is 45.1 Å². The van der Waals surface area contributed by atoms with Crippen molar-refractivity contribution in [1.29, 1.82) is 0 Å². The highest BCUT2D eigenvalue weighted by Gasteiger charge is 2.17. The van der Waals surface area contributed by atoms with Crippen molar-refractivity contribution < 1.29 is 4.74 Å². The van der Waals surface area contributed by atoms with E-state index < -0.39 is 0 Å². The van der Waals surface area contributed by atoms with Gasteiger partial charge < -0.3 is 15.0 Å². The van der Waals surface area contributed by atoms with E-state index in [0.29, 0.717) is 6.10 Å². The minimum absolute atomic E-state index is 0.337. The molecule has 110 valence electrons. The molecule has 20 heavy (non-hydrogen) atoms. The molecular weight excluding hydrogens is 252 g/mol. The smallest absolute Gasteiger partial charge is 0.227 e. The molecule has 1 aromatic heterocycles. The van der Waals surface area contributed by atoms with Gasteiger partial charge in [-0.3, -0.25) is 0 Å². The van der Waals surface area contributed by atoms with Crippen LogP contribution in [0.25, 0.3) is 0 Å². The molecule has 5 heteroatoms. The van der Waals surface area contributed by atoms with Crippen molar-refractivity contribution in [2.24, 2.45) is 0 Å². The number of rotatable bonds is 4. The van der Waals surface area contributed by atoms with Crippen molar-refractivity contribution in [3.8, 4) is 0 Å². The molecule has 1 atom stereocenters. The maximum Gasteiger partial charge on any atom is 0.227 e. The van der Waals surface area contributed by atoms with Crippen molar-refractivity contribution in [3.63, 3.8) is 0 Å². The van der Waals surface area contributed by atoms with Crippen LogP contribution < -0.4 is 10.2 Å². The summed E-state index contributed by atoms with van der Waals surface area (Å²) in [5.41, 5.74) is 1.02. The number of ether oxygens (including phenoxy) is 1. The molecule has 0 radical (unpaired) electrons. The highest BCUT2D eigenvalue weighted by Crippen LogP contribution is 2.19. The topological polar surface area (TPSA) is 50.3 Å². The molecule has 1 unspecified atom stereocenters. The highest BCUT2D eigenvalue weighted by molar-refractivity contribution is 5.43. The summed E-state index contributed by atoms with van der Waals surface area (Å²) in [7, 11) is 0. The Kier molecular flexibility index (Phi) is 4.35. The molecule has 0 spiro atoms. The van der Waals surface area contributed by atoms with E-state index in [9.17, 15) is 0 Å². The van der Waals surface area contributed by atoms with Gasteiger partial charge in [0.05, 0.1) is 6.10 Å². The summed E-state index contributed by atoms with van der Waals surface area (Å²) in [4.78, 5) is 11.5. The molecule has 2 fully saturated rings. The third-order valence-electron chi connectivity index (χ3n) is 4.02. The van der Waals surface area contributed by atoms with E-state index in [4.69, 9.17) is 4.74 Å². The van der Waals surface area contributed by atoms with Crippen molar-refractivity contribution >= 4 is 11.8 Å². The summed E-state index contributed by atoms with van der Waals surface area (Å²) in [6.07, 6.45) is 6.48. The Balaban J connectivity index is 1.65. The number of hydrogen-bond donors (Lipinski definition) is 1. The number of nitrogens with zero attached hydrogens (tertiary/aromatic N) is 3. The molecule has 5 nitrogen and oxygen atoms in total. The number of hydrogen-bond acceptors (Lipinski definition) is 5. The molecule has 3 rings (SSSR count). The predicted molar refractivity (Wildman–Crippen MR) is 80.3 cm³/mol. The van der Waals surface area contributed by atoms with Crippen molar-refractivity contribution in [1.82, 2.24) is 9.97 Å². The van der Waals surface area contributed by atoms with Crippen LogP contribution in [-0.4, -0.2) is 42.3 Å². The Morgan fingerprint density at radius 3 is 2.85 bits per heavy atom. The van der Waals surface area contributed by atoms with Gasteiger partial charge >= 0.3 is 0 Å². The number of piperidine rings is 1. The lowest BCUT2D eigenvalue weighted by molar-refractivity contribution is 0.120. The van der Waals surface area contributed by atoms with Crippen LogP contribution in [0.2, 0.25) is 0 Å². The maximum atomic E-state index is 5.64. The highest BCUT2D eigenvalue weighted by atomic mass is 16.5.